The number of Topliss-reactive ketones (excluding diaryl/α,β-unsaturated/α-hetero) is 2. The first-order chi connectivity index (χ1) is 19.2. The summed E-state index contributed by atoms with van der Waals surface area (Å²) in [5.74, 6) is -4.13. The van der Waals surface area contributed by atoms with E-state index in [1.165, 1.54) is 0 Å². The summed E-state index contributed by atoms with van der Waals surface area (Å²) < 4.78 is 0. The van der Waals surface area contributed by atoms with Gasteiger partial charge in [-0.3, -0.25) is 19.2 Å². The number of carboxylic acid groups (broad SMARTS) is 2. The van der Waals surface area contributed by atoms with Gasteiger partial charge >= 0.3 is 11.9 Å². The number of carbonyl (C=O) groups is 4. The van der Waals surface area contributed by atoms with Crippen molar-refractivity contribution in [1.29, 1.82) is 0 Å². The zero-order valence-corrected chi connectivity index (χ0v) is 22.8. The Morgan fingerprint density at radius 2 is 0.800 bits per heavy atom. The van der Waals surface area contributed by atoms with E-state index in [0.717, 1.165) is 0 Å². The van der Waals surface area contributed by atoms with Crippen LogP contribution in [0.1, 0.15) is 56.5 Å². The number of carbonyl (C=O) groups excluding carboxylic acids is 2. The van der Waals surface area contributed by atoms with Gasteiger partial charge in [-0.2, -0.15) is 0 Å². The van der Waals surface area contributed by atoms with Crippen LogP contribution in [0.2, 0.25) is 10.0 Å². The van der Waals surface area contributed by atoms with Crippen molar-refractivity contribution in [2.75, 3.05) is 0 Å². The van der Waals surface area contributed by atoms with Crippen molar-refractivity contribution in [2.45, 2.75) is 24.7 Å². The van der Waals surface area contributed by atoms with Gasteiger partial charge in [0.2, 0.25) is 0 Å². The van der Waals surface area contributed by atoms with Gasteiger partial charge in [-0.1, -0.05) is 108 Å². The lowest BCUT2D eigenvalue weighted by atomic mass is 9.92. The second-order valence-electron chi connectivity index (χ2n) is 8.87. The maximum Gasteiger partial charge on any atom is 0.311 e. The number of hydrogen-bond donors (Lipinski definition) is 2. The Labute approximate surface area is 241 Å². The van der Waals surface area contributed by atoms with E-state index in [1.807, 2.05) is 12.1 Å². The molecule has 0 aliphatic heterocycles. The van der Waals surface area contributed by atoms with Crippen LogP contribution in [0.25, 0.3) is 0 Å². The molecule has 0 heterocycles. The van der Waals surface area contributed by atoms with E-state index in [9.17, 15) is 29.4 Å². The summed E-state index contributed by atoms with van der Waals surface area (Å²) in [4.78, 5) is 47.0. The minimum atomic E-state index is -1.02. The van der Waals surface area contributed by atoms with Crippen molar-refractivity contribution in [3.05, 3.63) is 141 Å². The maximum atomic E-state index is 12.1. The van der Waals surface area contributed by atoms with Gasteiger partial charge in [-0.15, -0.1) is 0 Å². The molecule has 0 bridgehead atoms. The highest BCUT2D eigenvalue weighted by Crippen LogP contribution is 2.25. The summed E-state index contributed by atoms with van der Waals surface area (Å²) in [5, 5.41) is 19.7. The molecule has 2 N–H and O–H groups in total. The topological polar surface area (TPSA) is 109 Å². The van der Waals surface area contributed by atoms with E-state index >= 15 is 0 Å². The SMILES string of the molecule is O=C(C[C@@H](C(=O)O)c1ccc(Cl)cc1)c1ccccc1.O=C(C[C@H](C(=O)O)c1ccc(Cl)cc1)c1ccccc1. The molecule has 0 aliphatic rings. The molecule has 0 fully saturated rings. The van der Waals surface area contributed by atoms with Crippen molar-refractivity contribution >= 4 is 46.7 Å². The average molecular weight is 577 g/mol. The Kier molecular flexibility index (Phi) is 11.2. The van der Waals surface area contributed by atoms with Crippen molar-refractivity contribution < 1.29 is 29.4 Å². The van der Waals surface area contributed by atoms with E-state index in [4.69, 9.17) is 23.2 Å². The number of ketones is 2. The minimum absolute atomic E-state index is 0.0685. The van der Waals surface area contributed by atoms with Crippen LogP contribution in [-0.2, 0) is 9.59 Å². The monoisotopic (exact) mass is 576 g/mol. The van der Waals surface area contributed by atoms with Crippen LogP contribution >= 0.6 is 23.2 Å². The average Bonchev–Trinajstić information content (AvgIpc) is 2.96. The molecule has 4 aromatic carbocycles. The summed E-state index contributed by atoms with van der Waals surface area (Å²) in [6, 6.07) is 30.4. The number of rotatable bonds is 10. The molecule has 0 spiro atoms. The van der Waals surface area contributed by atoms with Crippen molar-refractivity contribution in [3.63, 3.8) is 0 Å². The fourth-order valence-corrected chi connectivity index (χ4v) is 4.19. The summed E-state index contributed by atoms with van der Waals surface area (Å²) in [5.41, 5.74) is 2.19. The van der Waals surface area contributed by atoms with E-state index < -0.39 is 23.8 Å². The van der Waals surface area contributed by atoms with E-state index in [2.05, 4.69) is 0 Å². The Balaban J connectivity index is 0.000000220. The van der Waals surface area contributed by atoms with Crippen LogP contribution in [0.15, 0.2) is 109 Å². The van der Waals surface area contributed by atoms with Crippen LogP contribution in [0.4, 0.5) is 0 Å². The third-order valence-electron chi connectivity index (χ3n) is 6.11. The third-order valence-corrected chi connectivity index (χ3v) is 6.62. The summed E-state index contributed by atoms with van der Waals surface area (Å²) in [7, 11) is 0. The zero-order valence-electron chi connectivity index (χ0n) is 21.2. The van der Waals surface area contributed by atoms with Crippen molar-refractivity contribution in [1.82, 2.24) is 0 Å². The van der Waals surface area contributed by atoms with Gasteiger partial charge < -0.3 is 10.2 Å². The second kappa shape index (κ2) is 14.8. The Hall–Kier alpha value is -4.26. The molecule has 0 aliphatic carbocycles. The van der Waals surface area contributed by atoms with Gasteiger partial charge in [0.25, 0.3) is 0 Å². The number of carboxylic acids is 2. The molecule has 8 heteroatoms. The molecule has 4 aromatic rings. The molecular formula is C32H26Cl2O6. The highest BCUT2D eigenvalue weighted by Gasteiger charge is 2.24. The lowest BCUT2D eigenvalue weighted by Crippen LogP contribution is -2.16. The number of halogens is 2. The number of benzene rings is 4. The molecular weight excluding hydrogens is 551 g/mol. The highest BCUT2D eigenvalue weighted by atomic mass is 35.5. The molecule has 6 nitrogen and oxygen atoms in total. The summed E-state index contributed by atoms with van der Waals surface area (Å²) in [6.45, 7) is 0. The van der Waals surface area contributed by atoms with Crippen molar-refractivity contribution in [3.8, 4) is 0 Å². The maximum absolute atomic E-state index is 12.1. The summed E-state index contributed by atoms with van der Waals surface area (Å²) in [6.07, 6.45) is -0.137. The molecule has 204 valence electrons. The predicted molar refractivity (Wildman–Crippen MR) is 154 cm³/mol. The smallest absolute Gasteiger partial charge is 0.311 e. The van der Waals surface area contributed by atoms with E-state index in [1.54, 1.807) is 97.1 Å². The first-order valence-corrected chi connectivity index (χ1v) is 13.0. The molecule has 40 heavy (non-hydrogen) atoms. The van der Waals surface area contributed by atoms with Gasteiger partial charge in [-0.05, 0) is 35.4 Å². The number of aliphatic carboxylic acids is 2. The standard InChI is InChI=1S/2C16H13ClO3/c2*17-13-8-6-11(7-9-13)14(16(19)20)10-15(18)12-4-2-1-3-5-12/h2*1-9,14H,10H2,(H,19,20)/t2*14-/m10/s1. The molecule has 0 amide bonds. The second-order valence-corrected chi connectivity index (χ2v) is 9.74. The number of hydrogen-bond acceptors (Lipinski definition) is 4. The molecule has 4 rings (SSSR count). The lowest BCUT2D eigenvalue weighted by Gasteiger charge is -2.12. The van der Waals surface area contributed by atoms with Gasteiger partial charge in [-0.25, -0.2) is 0 Å². The normalized spacial score (nSPS) is 11.8. The fraction of sp³-hybridized carbons (Fsp3) is 0.125. The molecule has 2 atom stereocenters. The minimum Gasteiger partial charge on any atom is -0.481 e. The van der Waals surface area contributed by atoms with Gasteiger partial charge in [0.15, 0.2) is 11.6 Å². The fourth-order valence-electron chi connectivity index (χ4n) is 3.94. The van der Waals surface area contributed by atoms with Crippen LogP contribution in [0.3, 0.4) is 0 Å². The zero-order chi connectivity index (χ0) is 29.1. The predicted octanol–water partition coefficient (Wildman–Crippen LogP) is 7.56. The Morgan fingerprint density at radius 1 is 0.500 bits per heavy atom. The Morgan fingerprint density at radius 3 is 1.07 bits per heavy atom. The molecule has 0 unspecified atom stereocenters. The van der Waals surface area contributed by atoms with Gasteiger partial charge in [0, 0.05) is 34.0 Å². The van der Waals surface area contributed by atoms with Crippen LogP contribution < -0.4 is 0 Å². The van der Waals surface area contributed by atoms with Crippen LogP contribution in [0.5, 0.6) is 0 Å². The Bertz CT molecular complexity index is 1320. The van der Waals surface area contributed by atoms with E-state index in [0.29, 0.717) is 32.3 Å². The van der Waals surface area contributed by atoms with Crippen molar-refractivity contribution in [2.24, 2.45) is 0 Å². The molecule has 0 saturated heterocycles. The largest absolute Gasteiger partial charge is 0.481 e. The molecule has 0 aromatic heterocycles. The first-order valence-electron chi connectivity index (χ1n) is 12.3. The van der Waals surface area contributed by atoms with Gasteiger partial charge in [0.05, 0.1) is 11.8 Å². The van der Waals surface area contributed by atoms with Crippen LogP contribution in [0, 0.1) is 0 Å². The lowest BCUT2D eigenvalue weighted by molar-refractivity contribution is -0.139. The molecule has 0 radical (unpaired) electrons. The molecule has 0 saturated carbocycles. The van der Waals surface area contributed by atoms with E-state index in [-0.39, 0.29) is 24.4 Å². The third kappa shape index (κ3) is 8.90. The summed E-state index contributed by atoms with van der Waals surface area (Å²) >= 11 is 11.6. The van der Waals surface area contributed by atoms with Crippen LogP contribution in [-0.4, -0.2) is 33.7 Å². The highest BCUT2D eigenvalue weighted by molar-refractivity contribution is 6.30. The van der Waals surface area contributed by atoms with Gasteiger partial charge in [0.1, 0.15) is 0 Å². The quantitative estimate of drug-likeness (QED) is 0.188. The first kappa shape index (κ1) is 30.3.